The lowest BCUT2D eigenvalue weighted by molar-refractivity contribution is 0.263. The minimum Gasteiger partial charge on any atom is -0.309 e. The second kappa shape index (κ2) is 15.7. The normalized spacial score (nSPS) is 22.6. The van der Waals surface area contributed by atoms with Crippen LogP contribution in [0.25, 0.3) is 0 Å². The molecule has 0 bridgehead atoms. The van der Waals surface area contributed by atoms with Crippen LogP contribution in [-0.4, -0.2) is 11.6 Å². The molecule has 174 valence electrons. The molecule has 1 heteroatoms. The summed E-state index contributed by atoms with van der Waals surface area (Å²) in [5.41, 5.74) is 0.304. The number of unbranched alkanes of at least 4 members (excludes halogenated alkanes) is 3. The van der Waals surface area contributed by atoms with Crippen LogP contribution in [0.5, 0.6) is 0 Å². The zero-order valence-corrected chi connectivity index (χ0v) is 21.3. The summed E-state index contributed by atoms with van der Waals surface area (Å²) in [5.74, 6) is 3.06. The molecule has 1 rings (SSSR count). The van der Waals surface area contributed by atoms with E-state index in [-0.39, 0.29) is 0 Å². The third-order valence-corrected chi connectivity index (χ3v) is 7.60. The quantitative estimate of drug-likeness (QED) is 0.237. The van der Waals surface area contributed by atoms with E-state index in [0.717, 1.165) is 17.8 Å². The molecule has 0 aromatic carbocycles. The Balaban J connectivity index is 2.11. The Morgan fingerprint density at radius 2 is 1.45 bits per heavy atom. The van der Waals surface area contributed by atoms with E-state index in [0.29, 0.717) is 11.6 Å². The van der Waals surface area contributed by atoms with E-state index in [4.69, 9.17) is 0 Å². The van der Waals surface area contributed by atoms with Gasteiger partial charge in [-0.1, -0.05) is 117 Å². The highest BCUT2D eigenvalue weighted by Gasteiger charge is 2.20. The van der Waals surface area contributed by atoms with Crippen LogP contribution in [0.4, 0.5) is 0 Å². The Morgan fingerprint density at radius 3 is 2.10 bits per heavy atom. The fourth-order valence-corrected chi connectivity index (χ4v) is 5.64. The van der Waals surface area contributed by atoms with Crippen LogP contribution in [0.2, 0.25) is 0 Å². The van der Waals surface area contributed by atoms with Gasteiger partial charge in [0, 0.05) is 11.6 Å². The molecule has 0 saturated heterocycles. The van der Waals surface area contributed by atoms with Gasteiger partial charge in [0.05, 0.1) is 0 Å². The zero-order chi connectivity index (χ0) is 21.5. The molecule has 29 heavy (non-hydrogen) atoms. The highest BCUT2D eigenvalue weighted by molar-refractivity contribution is 4.80. The topological polar surface area (TPSA) is 12.0 Å². The van der Waals surface area contributed by atoms with Crippen molar-refractivity contribution in [1.82, 2.24) is 5.32 Å². The van der Waals surface area contributed by atoms with Gasteiger partial charge in [0.1, 0.15) is 0 Å². The molecule has 0 radical (unpaired) electrons. The van der Waals surface area contributed by atoms with Crippen LogP contribution in [0.3, 0.4) is 0 Å². The van der Waals surface area contributed by atoms with Gasteiger partial charge in [-0.2, -0.15) is 0 Å². The third-order valence-electron chi connectivity index (χ3n) is 7.60. The summed E-state index contributed by atoms with van der Waals surface area (Å²) in [6, 6.07) is 0.659. The molecule has 1 nitrogen and oxygen atoms in total. The number of hydrogen-bond acceptors (Lipinski definition) is 1. The lowest BCUT2D eigenvalue weighted by Crippen LogP contribution is -2.44. The molecule has 0 spiro atoms. The highest BCUT2D eigenvalue weighted by atomic mass is 15.0. The maximum absolute atomic E-state index is 3.87. The van der Waals surface area contributed by atoms with Gasteiger partial charge in [-0.15, -0.1) is 0 Å². The number of nitrogens with one attached hydrogen (secondary N) is 1. The van der Waals surface area contributed by atoms with Gasteiger partial charge >= 0.3 is 0 Å². The van der Waals surface area contributed by atoms with Crippen molar-refractivity contribution in [2.24, 2.45) is 17.8 Å². The second-order valence-electron chi connectivity index (χ2n) is 11.4. The van der Waals surface area contributed by atoms with Crippen molar-refractivity contribution >= 4 is 0 Å². The summed E-state index contributed by atoms with van der Waals surface area (Å²) in [6.07, 6.45) is 24.4. The maximum Gasteiger partial charge on any atom is 0.0127 e. The predicted molar refractivity (Wildman–Crippen MR) is 133 cm³/mol. The minimum atomic E-state index is 0.304. The van der Waals surface area contributed by atoms with Crippen molar-refractivity contribution in [2.75, 3.05) is 0 Å². The minimum absolute atomic E-state index is 0.304. The summed E-state index contributed by atoms with van der Waals surface area (Å²) >= 11 is 0. The van der Waals surface area contributed by atoms with Gasteiger partial charge < -0.3 is 5.32 Å². The Kier molecular flexibility index (Phi) is 14.6. The molecule has 1 aliphatic rings. The van der Waals surface area contributed by atoms with Crippen molar-refractivity contribution < 1.29 is 0 Å². The van der Waals surface area contributed by atoms with E-state index >= 15 is 0 Å². The molecule has 0 heterocycles. The van der Waals surface area contributed by atoms with Crippen molar-refractivity contribution in [3.8, 4) is 0 Å². The standard InChI is InChI=1S/C28H57N/c1-7-9-23-28(5,6)29-25(4)15-11-10-12-16-26(14-8-2)17-13-18-27-21-19-24(3)20-22-27/h24-27,29H,7-23H2,1-6H3. The maximum atomic E-state index is 3.87. The van der Waals surface area contributed by atoms with E-state index < -0.39 is 0 Å². The van der Waals surface area contributed by atoms with Gasteiger partial charge in [-0.05, 0) is 51.4 Å². The third kappa shape index (κ3) is 13.8. The summed E-state index contributed by atoms with van der Waals surface area (Å²) in [4.78, 5) is 0. The van der Waals surface area contributed by atoms with Crippen molar-refractivity contribution in [3.05, 3.63) is 0 Å². The van der Waals surface area contributed by atoms with E-state index in [1.54, 1.807) is 0 Å². The van der Waals surface area contributed by atoms with Crippen LogP contribution < -0.4 is 5.32 Å². The van der Waals surface area contributed by atoms with E-state index in [2.05, 4.69) is 46.9 Å². The largest absolute Gasteiger partial charge is 0.309 e. The van der Waals surface area contributed by atoms with E-state index in [1.807, 2.05) is 0 Å². The molecular formula is C28H57N. The molecular weight excluding hydrogens is 350 g/mol. The molecule has 1 fully saturated rings. The van der Waals surface area contributed by atoms with Gasteiger partial charge in [-0.25, -0.2) is 0 Å². The summed E-state index contributed by atoms with van der Waals surface area (Å²) < 4.78 is 0. The molecule has 1 N–H and O–H groups in total. The zero-order valence-electron chi connectivity index (χ0n) is 21.3. The molecule has 1 saturated carbocycles. The van der Waals surface area contributed by atoms with Crippen LogP contribution in [0.1, 0.15) is 151 Å². The number of hydrogen-bond donors (Lipinski definition) is 1. The first kappa shape index (κ1) is 27.0. The fraction of sp³-hybridized carbons (Fsp3) is 1.00. The molecule has 0 aliphatic heterocycles. The first-order valence-corrected chi connectivity index (χ1v) is 13.6. The Labute approximate surface area is 185 Å². The Hall–Kier alpha value is -0.0400. The lowest BCUT2D eigenvalue weighted by Gasteiger charge is -2.30. The average molecular weight is 408 g/mol. The molecule has 0 aromatic heterocycles. The van der Waals surface area contributed by atoms with Crippen LogP contribution in [0, 0.1) is 17.8 Å². The fourth-order valence-electron chi connectivity index (χ4n) is 5.64. The first-order valence-electron chi connectivity index (χ1n) is 13.6. The second-order valence-corrected chi connectivity index (χ2v) is 11.4. The van der Waals surface area contributed by atoms with E-state index in [1.165, 1.54) is 109 Å². The average Bonchev–Trinajstić information content (AvgIpc) is 2.67. The summed E-state index contributed by atoms with van der Waals surface area (Å²) in [5, 5.41) is 3.87. The summed E-state index contributed by atoms with van der Waals surface area (Å²) in [6.45, 7) is 14.3. The van der Waals surface area contributed by atoms with E-state index in [9.17, 15) is 0 Å². The number of rotatable bonds is 17. The monoisotopic (exact) mass is 407 g/mol. The SMILES string of the molecule is CCCCC(C)(C)NC(C)CCCCCC(CCC)CCCC1CCC(C)CC1. The Bertz CT molecular complexity index is 367. The van der Waals surface area contributed by atoms with Crippen LogP contribution >= 0.6 is 0 Å². The summed E-state index contributed by atoms with van der Waals surface area (Å²) in [7, 11) is 0. The van der Waals surface area contributed by atoms with Gasteiger partial charge in [0.15, 0.2) is 0 Å². The molecule has 0 amide bonds. The predicted octanol–water partition coefficient (Wildman–Crippen LogP) is 9.30. The van der Waals surface area contributed by atoms with Gasteiger partial charge in [0.2, 0.25) is 0 Å². The molecule has 2 atom stereocenters. The first-order chi connectivity index (χ1) is 13.9. The van der Waals surface area contributed by atoms with Crippen molar-refractivity contribution in [1.29, 1.82) is 0 Å². The van der Waals surface area contributed by atoms with Gasteiger partial charge in [-0.3, -0.25) is 0 Å². The van der Waals surface area contributed by atoms with Crippen LogP contribution in [-0.2, 0) is 0 Å². The molecule has 1 aliphatic carbocycles. The molecule has 0 aromatic rings. The molecule has 2 unspecified atom stereocenters. The van der Waals surface area contributed by atoms with Crippen LogP contribution in [0.15, 0.2) is 0 Å². The Morgan fingerprint density at radius 1 is 0.793 bits per heavy atom. The van der Waals surface area contributed by atoms with Crippen molar-refractivity contribution in [3.63, 3.8) is 0 Å². The van der Waals surface area contributed by atoms with Gasteiger partial charge in [0.25, 0.3) is 0 Å². The lowest BCUT2D eigenvalue weighted by atomic mass is 9.80. The van der Waals surface area contributed by atoms with Crippen molar-refractivity contribution in [2.45, 2.75) is 162 Å². The highest BCUT2D eigenvalue weighted by Crippen LogP contribution is 2.32. The smallest absolute Gasteiger partial charge is 0.0127 e.